The summed E-state index contributed by atoms with van der Waals surface area (Å²) in [5, 5.41) is 4.78. The number of alkyl halides is 3. The maximum Gasteiger partial charge on any atom is 0.416 e. The predicted molar refractivity (Wildman–Crippen MR) is 89.3 cm³/mol. The Morgan fingerprint density at radius 2 is 2.00 bits per heavy atom. The summed E-state index contributed by atoms with van der Waals surface area (Å²) >= 11 is 0. The van der Waals surface area contributed by atoms with Crippen molar-refractivity contribution in [2.24, 2.45) is 11.1 Å². The van der Waals surface area contributed by atoms with Crippen LogP contribution in [0.2, 0.25) is 0 Å². The van der Waals surface area contributed by atoms with E-state index in [1.165, 1.54) is 16.8 Å². The average Bonchev–Trinajstić information content (AvgIpc) is 3.10. The van der Waals surface area contributed by atoms with Gasteiger partial charge in [-0.15, -0.1) is 0 Å². The molecule has 144 valence electrons. The standard InChI is InChI=1S/C16H14F3N3O4S/c1-2-27(23,24)22-9-11(10-22)14(15-20-7-8-25-15)21-26-13-5-3-12(4-6-13)16(17,18)19/h2-8,11H,1,9-10H2. The van der Waals surface area contributed by atoms with Crippen molar-refractivity contribution in [3.05, 3.63) is 60.2 Å². The molecule has 27 heavy (non-hydrogen) atoms. The smallest absolute Gasteiger partial charge is 0.416 e. The second-order valence-electron chi connectivity index (χ2n) is 5.65. The van der Waals surface area contributed by atoms with E-state index in [4.69, 9.17) is 9.25 Å². The zero-order valence-corrected chi connectivity index (χ0v) is 14.6. The molecule has 0 unspecified atom stereocenters. The summed E-state index contributed by atoms with van der Waals surface area (Å²) < 4.78 is 67.6. The van der Waals surface area contributed by atoms with E-state index in [2.05, 4.69) is 16.7 Å². The third-order valence-electron chi connectivity index (χ3n) is 3.89. The van der Waals surface area contributed by atoms with Crippen LogP contribution in [-0.2, 0) is 16.2 Å². The van der Waals surface area contributed by atoms with E-state index < -0.39 is 21.8 Å². The molecule has 0 bridgehead atoms. The third kappa shape index (κ3) is 4.19. The number of oxazole rings is 1. The Hall–Kier alpha value is -2.66. The molecule has 0 saturated carbocycles. The fraction of sp³-hybridized carbons (Fsp3) is 0.250. The predicted octanol–water partition coefficient (Wildman–Crippen LogP) is 2.88. The normalized spacial score (nSPS) is 16.8. The lowest BCUT2D eigenvalue weighted by molar-refractivity contribution is -0.137. The van der Waals surface area contributed by atoms with Crippen molar-refractivity contribution in [3.8, 4) is 5.75 Å². The fourth-order valence-electron chi connectivity index (χ4n) is 2.37. The first-order valence-corrected chi connectivity index (χ1v) is 9.15. The molecule has 0 spiro atoms. The number of oxime groups is 1. The van der Waals surface area contributed by atoms with Gasteiger partial charge in [-0.05, 0) is 24.3 Å². The third-order valence-corrected chi connectivity index (χ3v) is 5.33. The average molecular weight is 401 g/mol. The molecule has 2 aromatic rings. The van der Waals surface area contributed by atoms with Gasteiger partial charge in [0, 0.05) is 24.4 Å². The van der Waals surface area contributed by atoms with E-state index in [9.17, 15) is 21.6 Å². The summed E-state index contributed by atoms with van der Waals surface area (Å²) in [6, 6.07) is 4.01. The molecule has 0 amide bonds. The lowest BCUT2D eigenvalue weighted by Crippen LogP contribution is -2.52. The van der Waals surface area contributed by atoms with Crippen molar-refractivity contribution in [3.63, 3.8) is 0 Å². The molecule has 1 aromatic carbocycles. The van der Waals surface area contributed by atoms with Gasteiger partial charge in [0.2, 0.25) is 15.9 Å². The monoisotopic (exact) mass is 401 g/mol. The van der Waals surface area contributed by atoms with Crippen LogP contribution in [0, 0.1) is 5.92 Å². The summed E-state index contributed by atoms with van der Waals surface area (Å²) in [7, 11) is -3.54. The first kappa shape index (κ1) is 19.1. The quantitative estimate of drug-likeness (QED) is 0.549. The summed E-state index contributed by atoms with van der Waals surface area (Å²) in [6.07, 6.45) is -1.74. The van der Waals surface area contributed by atoms with Crippen molar-refractivity contribution in [2.75, 3.05) is 13.1 Å². The van der Waals surface area contributed by atoms with Crippen LogP contribution in [0.15, 0.2) is 58.3 Å². The van der Waals surface area contributed by atoms with Gasteiger partial charge in [0.05, 0.1) is 11.8 Å². The number of sulfonamides is 1. The number of benzene rings is 1. The molecule has 0 N–H and O–H groups in total. The molecule has 1 aromatic heterocycles. The highest BCUT2D eigenvalue weighted by Gasteiger charge is 2.39. The molecule has 1 aliphatic rings. The molecular formula is C16H14F3N3O4S. The second-order valence-corrected chi connectivity index (χ2v) is 7.53. The molecule has 2 heterocycles. The molecule has 0 aliphatic carbocycles. The Balaban J connectivity index is 1.76. The number of aromatic nitrogens is 1. The fourth-order valence-corrected chi connectivity index (χ4v) is 3.36. The number of halogens is 3. The summed E-state index contributed by atoms with van der Waals surface area (Å²) in [6.45, 7) is 3.52. The Morgan fingerprint density at radius 1 is 1.33 bits per heavy atom. The van der Waals surface area contributed by atoms with Gasteiger partial charge in [-0.1, -0.05) is 11.7 Å². The molecule has 0 radical (unpaired) electrons. The van der Waals surface area contributed by atoms with Gasteiger partial charge in [0.25, 0.3) is 0 Å². The van der Waals surface area contributed by atoms with Crippen LogP contribution in [0.3, 0.4) is 0 Å². The zero-order valence-electron chi connectivity index (χ0n) is 13.8. The highest BCUT2D eigenvalue weighted by molar-refractivity contribution is 7.92. The molecule has 1 fully saturated rings. The number of hydrogen-bond donors (Lipinski definition) is 0. The van der Waals surface area contributed by atoms with Crippen LogP contribution < -0.4 is 4.84 Å². The van der Waals surface area contributed by atoms with Crippen molar-refractivity contribution in [1.29, 1.82) is 0 Å². The van der Waals surface area contributed by atoms with Gasteiger partial charge in [0.15, 0.2) is 5.75 Å². The minimum Gasteiger partial charge on any atom is -0.443 e. The van der Waals surface area contributed by atoms with Crippen molar-refractivity contribution < 1.29 is 30.8 Å². The number of rotatable bonds is 6. The largest absolute Gasteiger partial charge is 0.443 e. The Labute approximate surface area is 152 Å². The molecule has 1 saturated heterocycles. The Morgan fingerprint density at radius 3 is 2.52 bits per heavy atom. The van der Waals surface area contributed by atoms with E-state index in [-0.39, 0.29) is 36.4 Å². The molecule has 3 rings (SSSR count). The van der Waals surface area contributed by atoms with Gasteiger partial charge in [-0.25, -0.2) is 13.4 Å². The molecule has 0 atom stereocenters. The van der Waals surface area contributed by atoms with Crippen LogP contribution >= 0.6 is 0 Å². The minimum atomic E-state index is -4.45. The molecule has 7 nitrogen and oxygen atoms in total. The number of hydrogen-bond acceptors (Lipinski definition) is 6. The van der Waals surface area contributed by atoms with Crippen molar-refractivity contribution in [2.45, 2.75) is 6.18 Å². The Kier molecular flexibility index (Phi) is 5.07. The van der Waals surface area contributed by atoms with Gasteiger partial charge < -0.3 is 9.25 Å². The van der Waals surface area contributed by atoms with E-state index in [0.717, 1.165) is 29.7 Å². The Bertz CT molecular complexity index is 932. The van der Waals surface area contributed by atoms with Gasteiger partial charge in [-0.2, -0.15) is 17.5 Å². The maximum absolute atomic E-state index is 12.6. The molecule has 11 heteroatoms. The van der Waals surface area contributed by atoms with Crippen LogP contribution in [-0.4, -0.2) is 36.5 Å². The lowest BCUT2D eigenvalue weighted by atomic mass is 9.97. The SMILES string of the molecule is C=CS(=O)(=O)N1CC(C(=NOc2ccc(C(F)(F)F)cc2)c2ncco2)C1. The minimum absolute atomic E-state index is 0.0851. The van der Waals surface area contributed by atoms with Crippen LogP contribution in [0.4, 0.5) is 13.2 Å². The molecule has 1 aliphatic heterocycles. The van der Waals surface area contributed by atoms with E-state index in [0.29, 0.717) is 0 Å². The van der Waals surface area contributed by atoms with Gasteiger partial charge in [-0.3, -0.25) is 0 Å². The topological polar surface area (TPSA) is 85.0 Å². The van der Waals surface area contributed by atoms with Gasteiger partial charge >= 0.3 is 6.18 Å². The van der Waals surface area contributed by atoms with E-state index >= 15 is 0 Å². The highest BCUT2D eigenvalue weighted by Crippen LogP contribution is 2.30. The summed E-state index contributed by atoms with van der Waals surface area (Å²) in [5.74, 6) is -0.114. The lowest BCUT2D eigenvalue weighted by Gasteiger charge is -2.36. The van der Waals surface area contributed by atoms with Crippen LogP contribution in [0.5, 0.6) is 5.75 Å². The van der Waals surface area contributed by atoms with Crippen LogP contribution in [0.1, 0.15) is 11.5 Å². The zero-order chi connectivity index (χ0) is 19.7. The summed E-state index contributed by atoms with van der Waals surface area (Å²) in [5.41, 5.74) is -0.550. The van der Waals surface area contributed by atoms with Gasteiger partial charge in [0.1, 0.15) is 12.0 Å². The van der Waals surface area contributed by atoms with Crippen LogP contribution in [0.25, 0.3) is 0 Å². The van der Waals surface area contributed by atoms with E-state index in [1.807, 2.05) is 0 Å². The first-order valence-electron chi connectivity index (χ1n) is 7.65. The van der Waals surface area contributed by atoms with Crippen molar-refractivity contribution in [1.82, 2.24) is 9.29 Å². The second kappa shape index (κ2) is 7.16. The first-order chi connectivity index (χ1) is 12.7. The van der Waals surface area contributed by atoms with Crippen molar-refractivity contribution >= 4 is 15.7 Å². The maximum atomic E-state index is 12.6. The summed E-state index contributed by atoms with van der Waals surface area (Å²) in [4.78, 5) is 9.17. The number of nitrogens with zero attached hydrogens (tertiary/aromatic N) is 3. The highest BCUT2D eigenvalue weighted by atomic mass is 32.2. The van der Waals surface area contributed by atoms with E-state index in [1.54, 1.807) is 0 Å². The molecular weight excluding hydrogens is 387 g/mol.